The summed E-state index contributed by atoms with van der Waals surface area (Å²) in [5.41, 5.74) is 9.83. The normalized spacial score (nSPS) is 12.2. The van der Waals surface area contributed by atoms with E-state index < -0.39 is 0 Å². The number of halogens is 1. The van der Waals surface area contributed by atoms with E-state index in [1.807, 2.05) is 18.2 Å². The molecule has 2 N–H and O–H groups in total. The van der Waals surface area contributed by atoms with Crippen LogP contribution in [0.3, 0.4) is 0 Å². The van der Waals surface area contributed by atoms with Crippen molar-refractivity contribution in [2.24, 2.45) is 5.73 Å². The second-order valence-electron chi connectivity index (χ2n) is 4.67. The quantitative estimate of drug-likeness (QED) is 0.924. The molecule has 0 aliphatic rings. The van der Waals surface area contributed by atoms with Gasteiger partial charge in [0.15, 0.2) is 0 Å². The Morgan fingerprint density at radius 3 is 2.68 bits per heavy atom. The molecule has 0 aliphatic heterocycles. The smallest absolute Gasteiger partial charge is 0.119 e. The molecule has 0 heterocycles. The van der Waals surface area contributed by atoms with E-state index in [2.05, 4.69) is 47.1 Å². The lowest BCUT2D eigenvalue weighted by Crippen LogP contribution is -2.13. The van der Waals surface area contributed by atoms with E-state index >= 15 is 0 Å². The van der Waals surface area contributed by atoms with Gasteiger partial charge in [-0.25, -0.2) is 0 Å². The van der Waals surface area contributed by atoms with Crippen molar-refractivity contribution in [3.05, 3.63) is 63.6 Å². The first-order valence-corrected chi connectivity index (χ1v) is 7.04. The molecule has 0 aliphatic carbocycles. The minimum atomic E-state index is -0.00101. The summed E-state index contributed by atoms with van der Waals surface area (Å²) >= 11 is 3.51. The Hall–Kier alpha value is -1.32. The Bertz CT molecular complexity index is 568. The summed E-state index contributed by atoms with van der Waals surface area (Å²) in [6.07, 6.45) is 0.804. The molecule has 1 atom stereocenters. The monoisotopic (exact) mass is 319 g/mol. The number of rotatable bonds is 4. The van der Waals surface area contributed by atoms with Gasteiger partial charge in [-0.15, -0.1) is 0 Å². The number of methoxy groups -OCH3 is 1. The van der Waals surface area contributed by atoms with Crippen molar-refractivity contribution in [2.45, 2.75) is 19.4 Å². The van der Waals surface area contributed by atoms with Crippen molar-refractivity contribution in [1.82, 2.24) is 0 Å². The first-order chi connectivity index (χ1) is 9.10. The van der Waals surface area contributed by atoms with Gasteiger partial charge in [0, 0.05) is 10.5 Å². The summed E-state index contributed by atoms with van der Waals surface area (Å²) in [5.74, 6) is 0.872. The highest BCUT2D eigenvalue weighted by Crippen LogP contribution is 2.23. The van der Waals surface area contributed by atoms with Gasteiger partial charge in [0.05, 0.1) is 7.11 Å². The lowest BCUT2D eigenvalue weighted by atomic mass is 9.98. The van der Waals surface area contributed by atoms with E-state index in [-0.39, 0.29) is 6.04 Å². The predicted octanol–water partition coefficient (Wildman–Crippen LogP) is 4.01. The molecule has 0 radical (unpaired) electrons. The van der Waals surface area contributed by atoms with E-state index in [9.17, 15) is 0 Å². The molecule has 100 valence electrons. The Morgan fingerprint density at radius 2 is 2.00 bits per heavy atom. The van der Waals surface area contributed by atoms with Crippen LogP contribution in [0, 0.1) is 6.92 Å². The van der Waals surface area contributed by atoms with Gasteiger partial charge < -0.3 is 10.5 Å². The highest BCUT2D eigenvalue weighted by molar-refractivity contribution is 9.10. The molecule has 0 fully saturated rings. The number of aryl methyl sites for hydroxylation is 1. The van der Waals surface area contributed by atoms with Gasteiger partial charge in [0.2, 0.25) is 0 Å². The van der Waals surface area contributed by atoms with Gasteiger partial charge in [-0.05, 0) is 48.2 Å². The minimum absolute atomic E-state index is 0.00101. The maximum atomic E-state index is 6.28. The summed E-state index contributed by atoms with van der Waals surface area (Å²) in [7, 11) is 1.68. The maximum absolute atomic E-state index is 6.28. The summed E-state index contributed by atoms with van der Waals surface area (Å²) in [4.78, 5) is 0. The molecular formula is C16H18BrNO. The van der Waals surface area contributed by atoms with Crippen LogP contribution < -0.4 is 10.5 Å². The van der Waals surface area contributed by atoms with Gasteiger partial charge in [-0.2, -0.15) is 0 Å². The highest BCUT2D eigenvalue weighted by Gasteiger charge is 2.09. The van der Waals surface area contributed by atoms with Crippen LogP contribution in [-0.4, -0.2) is 7.11 Å². The van der Waals surface area contributed by atoms with Crippen molar-refractivity contribution in [1.29, 1.82) is 0 Å². The molecule has 0 saturated heterocycles. The molecule has 2 nitrogen and oxygen atoms in total. The van der Waals surface area contributed by atoms with Crippen LogP contribution in [-0.2, 0) is 6.42 Å². The van der Waals surface area contributed by atoms with Crippen molar-refractivity contribution in [3.63, 3.8) is 0 Å². The highest BCUT2D eigenvalue weighted by atomic mass is 79.9. The fraction of sp³-hybridized carbons (Fsp3) is 0.250. The summed E-state index contributed by atoms with van der Waals surface area (Å²) < 4.78 is 6.35. The second-order valence-corrected chi connectivity index (χ2v) is 5.53. The molecule has 0 bridgehead atoms. The number of hydrogen-bond donors (Lipinski definition) is 1. The van der Waals surface area contributed by atoms with Gasteiger partial charge >= 0.3 is 0 Å². The molecule has 0 amide bonds. The van der Waals surface area contributed by atoms with E-state index in [0.717, 1.165) is 22.2 Å². The SMILES string of the molecule is COc1cccc(CC(N)c2ccc(Br)c(C)c2)c1. The van der Waals surface area contributed by atoms with E-state index in [4.69, 9.17) is 10.5 Å². The van der Waals surface area contributed by atoms with Gasteiger partial charge in [0.1, 0.15) is 5.75 Å². The predicted molar refractivity (Wildman–Crippen MR) is 82.5 cm³/mol. The second kappa shape index (κ2) is 6.22. The first kappa shape index (κ1) is 14.1. The average Bonchev–Trinajstić information content (AvgIpc) is 2.42. The van der Waals surface area contributed by atoms with E-state index in [1.54, 1.807) is 7.11 Å². The van der Waals surface area contributed by atoms with Gasteiger partial charge in [-0.1, -0.05) is 40.2 Å². The number of ether oxygens (including phenoxy) is 1. The van der Waals surface area contributed by atoms with E-state index in [1.165, 1.54) is 11.1 Å². The van der Waals surface area contributed by atoms with Gasteiger partial charge in [-0.3, -0.25) is 0 Å². The fourth-order valence-corrected chi connectivity index (χ4v) is 2.32. The standard InChI is InChI=1S/C16H18BrNO/c1-11-8-13(6-7-15(11)17)16(18)10-12-4-3-5-14(9-12)19-2/h3-9,16H,10,18H2,1-2H3. The topological polar surface area (TPSA) is 35.2 Å². The van der Waals surface area contributed by atoms with Crippen molar-refractivity contribution < 1.29 is 4.74 Å². The molecule has 1 unspecified atom stereocenters. The molecular weight excluding hydrogens is 302 g/mol. The Kier molecular flexibility index (Phi) is 4.61. The van der Waals surface area contributed by atoms with Crippen LogP contribution in [0.2, 0.25) is 0 Å². The van der Waals surface area contributed by atoms with Crippen LogP contribution in [0.25, 0.3) is 0 Å². The molecule has 2 rings (SSSR count). The van der Waals surface area contributed by atoms with Crippen LogP contribution in [0.15, 0.2) is 46.9 Å². The van der Waals surface area contributed by atoms with Crippen LogP contribution in [0.1, 0.15) is 22.7 Å². The minimum Gasteiger partial charge on any atom is -0.497 e. The van der Waals surface area contributed by atoms with Crippen LogP contribution >= 0.6 is 15.9 Å². The first-order valence-electron chi connectivity index (χ1n) is 6.24. The molecule has 19 heavy (non-hydrogen) atoms. The lowest BCUT2D eigenvalue weighted by Gasteiger charge is -2.14. The molecule has 0 saturated carbocycles. The maximum Gasteiger partial charge on any atom is 0.119 e. The third kappa shape index (κ3) is 3.58. The zero-order valence-corrected chi connectivity index (χ0v) is 12.8. The largest absolute Gasteiger partial charge is 0.497 e. The van der Waals surface area contributed by atoms with Crippen molar-refractivity contribution in [3.8, 4) is 5.75 Å². The zero-order valence-electron chi connectivity index (χ0n) is 11.2. The van der Waals surface area contributed by atoms with Crippen molar-refractivity contribution >= 4 is 15.9 Å². The Morgan fingerprint density at radius 1 is 1.21 bits per heavy atom. The molecule has 0 aromatic heterocycles. The Balaban J connectivity index is 2.15. The van der Waals surface area contributed by atoms with E-state index in [0.29, 0.717) is 0 Å². The molecule has 3 heteroatoms. The fourth-order valence-electron chi connectivity index (χ4n) is 2.07. The molecule has 2 aromatic rings. The number of benzene rings is 2. The summed E-state index contributed by atoms with van der Waals surface area (Å²) in [5, 5.41) is 0. The molecule has 0 spiro atoms. The van der Waals surface area contributed by atoms with Crippen LogP contribution in [0.4, 0.5) is 0 Å². The van der Waals surface area contributed by atoms with Gasteiger partial charge in [0.25, 0.3) is 0 Å². The number of hydrogen-bond acceptors (Lipinski definition) is 2. The summed E-state index contributed by atoms with van der Waals surface area (Å²) in [6.45, 7) is 2.08. The lowest BCUT2D eigenvalue weighted by molar-refractivity contribution is 0.414. The zero-order chi connectivity index (χ0) is 13.8. The molecule has 2 aromatic carbocycles. The summed E-state index contributed by atoms with van der Waals surface area (Å²) in [6, 6.07) is 14.3. The third-order valence-electron chi connectivity index (χ3n) is 3.20. The number of nitrogens with two attached hydrogens (primary N) is 1. The third-order valence-corrected chi connectivity index (χ3v) is 4.09. The van der Waals surface area contributed by atoms with Crippen LogP contribution in [0.5, 0.6) is 5.75 Å². The Labute approximate surface area is 122 Å². The average molecular weight is 320 g/mol. The van der Waals surface area contributed by atoms with Crippen molar-refractivity contribution in [2.75, 3.05) is 7.11 Å².